The molecule has 1 amide bonds. The van der Waals surface area contributed by atoms with Gasteiger partial charge >= 0.3 is 0 Å². The van der Waals surface area contributed by atoms with Crippen LogP contribution < -0.4 is 5.73 Å². The van der Waals surface area contributed by atoms with Crippen LogP contribution in [0, 0.1) is 5.92 Å². The van der Waals surface area contributed by atoms with Gasteiger partial charge in [-0.3, -0.25) is 9.69 Å². The van der Waals surface area contributed by atoms with Crippen molar-refractivity contribution in [3.8, 4) is 0 Å². The van der Waals surface area contributed by atoms with E-state index in [-0.39, 0.29) is 11.8 Å². The summed E-state index contributed by atoms with van der Waals surface area (Å²) in [5, 5.41) is 0. The molecule has 2 fully saturated rings. The summed E-state index contributed by atoms with van der Waals surface area (Å²) in [6.07, 6.45) is 5.95. The van der Waals surface area contributed by atoms with Gasteiger partial charge in [0.1, 0.15) is 0 Å². The van der Waals surface area contributed by atoms with Crippen LogP contribution >= 0.6 is 0 Å². The summed E-state index contributed by atoms with van der Waals surface area (Å²) < 4.78 is 0. The second kappa shape index (κ2) is 3.66. The van der Waals surface area contributed by atoms with E-state index in [2.05, 4.69) is 4.90 Å². The lowest BCUT2D eigenvalue weighted by molar-refractivity contribution is -0.123. The molecular weight excluding hydrogens is 164 g/mol. The Morgan fingerprint density at radius 3 is 2.46 bits per heavy atom. The first kappa shape index (κ1) is 9.00. The number of carbonyl (C=O) groups is 1. The van der Waals surface area contributed by atoms with Gasteiger partial charge in [0.2, 0.25) is 5.91 Å². The highest BCUT2D eigenvalue weighted by atomic mass is 16.1. The quantitative estimate of drug-likeness (QED) is 0.684. The molecule has 0 aromatic rings. The highest BCUT2D eigenvalue weighted by molar-refractivity contribution is 5.77. The van der Waals surface area contributed by atoms with Crippen LogP contribution in [-0.2, 0) is 4.79 Å². The number of likely N-dealkylation sites (tertiary alicyclic amines) is 1. The van der Waals surface area contributed by atoms with Crippen molar-refractivity contribution in [2.75, 3.05) is 13.1 Å². The van der Waals surface area contributed by atoms with Crippen LogP contribution in [0.15, 0.2) is 0 Å². The van der Waals surface area contributed by atoms with Crippen LogP contribution in [0.3, 0.4) is 0 Å². The van der Waals surface area contributed by atoms with E-state index in [1.54, 1.807) is 0 Å². The lowest BCUT2D eigenvalue weighted by Gasteiger charge is -2.27. The average Bonchev–Trinajstić information content (AvgIpc) is 2.74. The van der Waals surface area contributed by atoms with E-state index >= 15 is 0 Å². The van der Waals surface area contributed by atoms with E-state index in [1.165, 1.54) is 38.8 Å². The zero-order chi connectivity index (χ0) is 9.26. The first-order valence-electron chi connectivity index (χ1n) is 5.32. The summed E-state index contributed by atoms with van der Waals surface area (Å²) in [6.45, 7) is 2.35. The molecule has 2 N–H and O–H groups in total. The summed E-state index contributed by atoms with van der Waals surface area (Å²) in [5.41, 5.74) is 5.39. The average molecular weight is 182 g/mol. The van der Waals surface area contributed by atoms with Crippen LogP contribution in [0.4, 0.5) is 0 Å². The van der Waals surface area contributed by atoms with Crippen LogP contribution in [-0.4, -0.2) is 29.9 Å². The summed E-state index contributed by atoms with van der Waals surface area (Å²) in [7, 11) is 0. The van der Waals surface area contributed by atoms with Gasteiger partial charge < -0.3 is 5.73 Å². The van der Waals surface area contributed by atoms with Crippen molar-refractivity contribution in [2.24, 2.45) is 11.7 Å². The first-order chi connectivity index (χ1) is 6.29. The van der Waals surface area contributed by atoms with Crippen molar-refractivity contribution >= 4 is 5.91 Å². The minimum absolute atomic E-state index is 0.0885. The number of hydrogen-bond donors (Lipinski definition) is 1. The number of nitrogens with zero attached hydrogens (tertiary/aromatic N) is 1. The predicted molar refractivity (Wildman–Crippen MR) is 51.1 cm³/mol. The molecule has 2 unspecified atom stereocenters. The first-order valence-corrected chi connectivity index (χ1v) is 5.32. The third-order valence-corrected chi connectivity index (χ3v) is 3.45. The largest absolute Gasteiger partial charge is 0.369 e. The minimum Gasteiger partial charge on any atom is -0.369 e. The molecule has 3 heteroatoms. The Hall–Kier alpha value is -0.570. The molecule has 2 rings (SSSR count). The fourth-order valence-corrected chi connectivity index (χ4v) is 2.78. The molecule has 1 saturated carbocycles. The van der Waals surface area contributed by atoms with Gasteiger partial charge in [0.15, 0.2) is 0 Å². The van der Waals surface area contributed by atoms with E-state index in [0.29, 0.717) is 6.04 Å². The summed E-state index contributed by atoms with van der Waals surface area (Å²) in [6, 6.07) is 0.472. The monoisotopic (exact) mass is 182 g/mol. The van der Waals surface area contributed by atoms with Crippen LogP contribution in [0.5, 0.6) is 0 Å². The van der Waals surface area contributed by atoms with Gasteiger partial charge in [-0.05, 0) is 38.8 Å². The predicted octanol–water partition coefficient (Wildman–Crippen LogP) is 0.736. The molecule has 3 nitrogen and oxygen atoms in total. The third-order valence-electron chi connectivity index (χ3n) is 3.45. The fourth-order valence-electron chi connectivity index (χ4n) is 2.78. The fraction of sp³-hybridized carbons (Fsp3) is 0.900. The highest BCUT2D eigenvalue weighted by Crippen LogP contribution is 2.31. The molecule has 1 saturated heterocycles. The molecule has 0 aromatic carbocycles. The number of carbonyl (C=O) groups excluding carboxylic acids is 1. The molecular formula is C10H18N2O. The van der Waals surface area contributed by atoms with Gasteiger partial charge in [-0.2, -0.15) is 0 Å². The zero-order valence-electron chi connectivity index (χ0n) is 8.04. The Morgan fingerprint density at radius 2 is 1.85 bits per heavy atom. The second-order valence-corrected chi connectivity index (χ2v) is 4.25. The van der Waals surface area contributed by atoms with Gasteiger partial charge in [0, 0.05) is 6.04 Å². The smallest absolute Gasteiger partial charge is 0.222 e. The number of amides is 1. The standard InChI is InChI=1S/C10H18N2O/c11-10(13)8-4-3-5-9(8)12-6-1-2-7-12/h8-9H,1-7H2,(H2,11,13). The Morgan fingerprint density at radius 1 is 1.15 bits per heavy atom. The Labute approximate surface area is 79.3 Å². The Balaban J connectivity index is 2.00. The molecule has 1 aliphatic carbocycles. The van der Waals surface area contributed by atoms with E-state index < -0.39 is 0 Å². The van der Waals surface area contributed by atoms with Crippen molar-refractivity contribution in [2.45, 2.75) is 38.1 Å². The van der Waals surface area contributed by atoms with Crippen molar-refractivity contribution in [3.05, 3.63) is 0 Å². The second-order valence-electron chi connectivity index (χ2n) is 4.25. The molecule has 74 valence electrons. The van der Waals surface area contributed by atoms with E-state index in [1.807, 2.05) is 0 Å². The van der Waals surface area contributed by atoms with E-state index in [4.69, 9.17) is 5.73 Å². The van der Waals surface area contributed by atoms with Gasteiger partial charge in [-0.25, -0.2) is 0 Å². The molecule has 0 radical (unpaired) electrons. The molecule has 0 spiro atoms. The molecule has 13 heavy (non-hydrogen) atoms. The topological polar surface area (TPSA) is 46.3 Å². The molecule has 0 aromatic heterocycles. The minimum atomic E-state index is -0.0885. The van der Waals surface area contributed by atoms with Crippen molar-refractivity contribution < 1.29 is 4.79 Å². The molecule has 2 aliphatic rings. The maximum absolute atomic E-state index is 11.2. The van der Waals surface area contributed by atoms with Crippen molar-refractivity contribution in [3.63, 3.8) is 0 Å². The van der Waals surface area contributed by atoms with E-state index in [9.17, 15) is 4.79 Å². The lowest BCUT2D eigenvalue weighted by atomic mass is 10.0. The SMILES string of the molecule is NC(=O)C1CCCC1N1CCCC1. The zero-order valence-corrected chi connectivity index (χ0v) is 8.04. The van der Waals surface area contributed by atoms with Crippen LogP contribution in [0.25, 0.3) is 0 Å². The Bertz CT molecular complexity index is 199. The van der Waals surface area contributed by atoms with Gasteiger partial charge in [0.05, 0.1) is 5.92 Å². The number of rotatable bonds is 2. The molecule has 1 aliphatic heterocycles. The number of hydrogen-bond acceptors (Lipinski definition) is 2. The maximum atomic E-state index is 11.2. The lowest BCUT2D eigenvalue weighted by Crippen LogP contribution is -2.41. The van der Waals surface area contributed by atoms with Crippen molar-refractivity contribution in [1.29, 1.82) is 0 Å². The summed E-state index contributed by atoms with van der Waals surface area (Å²) in [4.78, 5) is 13.6. The molecule has 0 bridgehead atoms. The van der Waals surface area contributed by atoms with Crippen LogP contribution in [0.1, 0.15) is 32.1 Å². The Kier molecular flexibility index (Phi) is 2.54. The van der Waals surface area contributed by atoms with Crippen molar-refractivity contribution in [1.82, 2.24) is 4.90 Å². The summed E-state index contributed by atoms with van der Waals surface area (Å²) in [5.74, 6) is 0.0486. The van der Waals surface area contributed by atoms with Gasteiger partial charge in [-0.15, -0.1) is 0 Å². The summed E-state index contributed by atoms with van der Waals surface area (Å²) >= 11 is 0. The maximum Gasteiger partial charge on any atom is 0.222 e. The molecule has 2 atom stereocenters. The number of primary amides is 1. The van der Waals surface area contributed by atoms with Gasteiger partial charge in [-0.1, -0.05) is 6.42 Å². The normalized spacial score (nSPS) is 35.4. The number of nitrogens with two attached hydrogens (primary N) is 1. The molecule has 1 heterocycles. The highest BCUT2D eigenvalue weighted by Gasteiger charge is 2.36. The van der Waals surface area contributed by atoms with Crippen LogP contribution in [0.2, 0.25) is 0 Å². The van der Waals surface area contributed by atoms with Gasteiger partial charge in [0.25, 0.3) is 0 Å². The van der Waals surface area contributed by atoms with E-state index in [0.717, 1.165) is 6.42 Å². The third kappa shape index (κ3) is 1.70.